The number of aromatic amines is 1. The minimum atomic E-state index is -0.299. The van der Waals surface area contributed by atoms with E-state index >= 15 is 0 Å². The molecule has 4 rings (SSSR count). The molecule has 4 aromatic heterocycles. The van der Waals surface area contributed by atoms with Crippen molar-refractivity contribution < 1.29 is 4.74 Å². The molecule has 0 radical (unpaired) electrons. The summed E-state index contributed by atoms with van der Waals surface area (Å²) in [4.78, 5) is 28.3. The Bertz CT molecular complexity index is 1170. The molecule has 1 N–H and O–H groups in total. The average Bonchev–Trinajstić information content (AvgIpc) is 3.28. The van der Waals surface area contributed by atoms with Crippen LogP contribution in [0.3, 0.4) is 0 Å². The fraction of sp³-hybridized carbons (Fsp3) is 0.316. The molecule has 0 aliphatic rings. The maximum absolute atomic E-state index is 12.5. The van der Waals surface area contributed by atoms with Crippen molar-refractivity contribution in [3.8, 4) is 23.1 Å². The molecule has 0 atom stereocenters. The van der Waals surface area contributed by atoms with Crippen molar-refractivity contribution in [3.05, 3.63) is 47.5 Å². The number of hydrogen-bond donors (Lipinski definition) is 1. The van der Waals surface area contributed by atoms with Gasteiger partial charge in [-0.3, -0.25) is 19.4 Å². The first-order valence-corrected chi connectivity index (χ1v) is 9.07. The summed E-state index contributed by atoms with van der Waals surface area (Å²) in [5.41, 5.74) is 1.30. The van der Waals surface area contributed by atoms with Crippen LogP contribution in [-0.2, 0) is 13.6 Å². The molecule has 9 heteroatoms. The molecule has 28 heavy (non-hydrogen) atoms. The summed E-state index contributed by atoms with van der Waals surface area (Å²) < 4.78 is 9.37. The van der Waals surface area contributed by atoms with Crippen molar-refractivity contribution in [2.45, 2.75) is 26.8 Å². The van der Waals surface area contributed by atoms with Crippen molar-refractivity contribution in [3.63, 3.8) is 0 Å². The first kappa shape index (κ1) is 17.9. The highest BCUT2D eigenvalue weighted by atomic mass is 16.5. The molecule has 0 saturated heterocycles. The molecule has 0 unspecified atom stereocenters. The Labute approximate surface area is 161 Å². The number of imidazole rings is 1. The number of hydrogen-bond acceptors (Lipinski definition) is 6. The van der Waals surface area contributed by atoms with Crippen molar-refractivity contribution in [1.82, 2.24) is 34.3 Å². The van der Waals surface area contributed by atoms with Gasteiger partial charge < -0.3 is 9.30 Å². The number of pyridine rings is 1. The van der Waals surface area contributed by atoms with Crippen molar-refractivity contribution >= 4 is 10.9 Å². The Morgan fingerprint density at radius 2 is 2.11 bits per heavy atom. The van der Waals surface area contributed by atoms with E-state index in [0.717, 1.165) is 13.0 Å². The van der Waals surface area contributed by atoms with Gasteiger partial charge in [0.05, 0.1) is 24.1 Å². The zero-order chi connectivity index (χ0) is 19.7. The summed E-state index contributed by atoms with van der Waals surface area (Å²) >= 11 is 0. The Morgan fingerprint density at radius 1 is 1.25 bits per heavy atom. The molecule has 0 saturated carbocycles. The largest absolute Gasteiger partial charge is 0.422 e. The van der Waals surface area contributed by atoms with E-state index < -0.39 is 0 Å². The molecule has 0 bridgehead atoms. The number of rotatable bonds is 6. The van der Waals surface area contributed by atoms with Gasteiger partial charge in [-0.25, -0.2) is 4.98 Å². The summed E-state index contributed by atoms with van der Waals surface area (Å²) in [7, 11) is 1.87. The molecular weight excluding hydrogens is 358 g/mol. The lowest BCUT2D eigenvalue weighted by molar-refractivity contribution is 0.439. The highest BCUT2D eigenvalue weighted by Crippen LogP contribution is 2.24. The number of H-pyrrole nitrogens is 1. The average molecular weight is 379 g/mol. The van der Waals surface area contributed by atoms with Crippen molar-refractivity contribution in [1.29, 1.82) is 0 Å². The smallest absolute Gasteiger partial charge is 0.302 e. The summed E-state index contributed by atoms with van der Waals surface area (Å²) in [6, 6.07) is 1.72. The lowest BCUT2D eigenvalue weighted by Crippen LogP contribution is -2.10. The predicted octanol–water partition coefficient (Wildman–Crippen LogP) is 2.75. The molecule has 0 aromatic carbocycles. The van der Waals surface area contributed by atoms with Gasteiger partial charge in [0.1, 0.15) is 16.9 Å². The summed E-state index contributed by atoms with van der Waals surface area (Å²) in [6.45, 7) is 5.13. The number of nitrogens with one attached hydrogen (secondary N) is 1. The van der Waals surface area contributed by atoms with Crippen LogP contribution in [0.15, 0.2) is 42.0 Å². The van der Waals surface area contributed by atoms with Gasteiger partial charge in [-0.1, -0.05) is 13.8 Å². The molecule has 0 aliphatic carbocycles. The van der Waals surface area contributed by atoms with Crippen molar-refractivity contribution in [2.75, 3.05) is 0 Å². The van der Waals surface area contributed by atoms with Gasteiger partial charge in [-0.05, 0) is 18.4 Å². The molecule has 0 amide bonds. The SMILES string of the molecule is CC(C)CCn1cc(Oc2nc3c(-c4cn(C)cn4)nccc3c(=O)[nH]2)cn1. The van der Waals surface area contributed by atoms with E-state index in [9.17, 15) is 4.79 Å². The third kappa shape index (κ3) is 3.64. The Kier molecular flexibility index (Phi) is 4.64. The standard InChI is InChI=1S/C19H21N7O2/c1-12(2)5-7-26-9-13(8-22-26)28-19-23-16-14(18(27)24-19)4-6-20-17(16)15-10-25(3)11-21-15/h4,6,8-12H,5,7H2,1-3H3,(H,23,24,27). The summed E-state index contributed by atoms with van der Waals surface area (Å²) in [5.74, 6) is 1.10. The van der Waals surface area contributed by atoms with E-state index in [-0.39, 0.29) is 11.6 Å². The Morgan fingerprint density at radius 3 is 2.86 bits per heavy atom. The second kappa shape index (κ2) is 7.26. The van der Waals surface area contributed by atoms with Crippen LogP contribution in [-0.4, -0.2) is 34.3 Å². The Balaban J connectivity index is 1.68. The molecule has 9 nitrogen and oxygen atoms in total. The molecule has 4 heterocycles. The van der Waals surface area contributed by atoms with Crippen LogP contribution in [0.2, 0.25) is 0 Å². The second-order valence-corrected chi connectivity index (χ2v) is 7.07. The number of ether oxygens (including phenoxy) is 1. The third-order valence-corrected chi connectivity index (χ3v) is 4.31. The molecule has 0 spiro atoms. The van der Waals surface area contributed by atoms with Gasteiger partial charge >= 0.3 is 6.01 Å². The van der Waals surface area contributed by atoms with E-state index in [1.165, 1.54) is 0 Å². The van der Waals surface area contributed by atoms with Crippen LogP contribution in [0, 0.1) is 5.92 Å². The Hall–Kier alpha value is -3.49. The highest BCUT2D eigenvalue weighted by molar-refractivity contribution is 5.89. The lowest BCUT2D eigenvalue weighted by Gasteiger charge is -2.06. The van der Waals surface area contributed by atoms with E-state index in [1.54, 1.807) is 31.0 Å². The molecule has 144 valence electrons. The minimum absolute atomic E-state index is 0.0890. The normalized spacial score (nSPS) is 11.4. The maximum Gasteiger partial charge on any atom is 0.302 e. The van der Waals surface area contributed by atoms with Gasteiger partial charge in [0.2, 0.25) is 0 Å². The summed E-state index contributed by atoms with van der Waals surface area (Å²) in [5, 5.41) is 4.71. The number of nitrogens with zero attached hydrogens (tertiary/aromatic N) is 6. The van der Waals surface area contributed by atoms with Gasteiger partial charge in [0.15, 0.2) is 5.75 Å². The van der Waals surface area contributed by atoms with Crippen LogP contribution in [0.1, 0.15) is 20.3 Å². The molecule has 0 fully saturated rings. The van der Waals surface area contributed by atoms with E-state index in [0.29, 0.717) is 34.0 Å². The third-order valence-electron chi connectivity index (χ3n) is 4.31. The lowest BCUT2D eigenvalue weighted by atomic mass is 10.1. The van der Waals surface area contributed by atoms with Crippen LogP contribution in [0.25, 0.3) is 22.3 Å². The second-order valence-electron chi connectivity index (χ2n) is 7.07. The summed E-state index contributed by atoms with van der Waals surface area (Å²) in [6.07, 6.45) is 9.48. The van der Waals surface area contributed by atoms with E-state index in [1.807, 2.05) is 22.5 Å². The molecule has 4 aromatic rings. The van der Waals surface area contributed by atoms with Crippen LogP contribution < -0.4 is 10.3 Å². The van der Waals surface area contributed by atoms with E-state index in [4.69, 9.17) is 4.74 Å². The van der Waals surface area contributed by atoms with Crippen LogP contribution in [0.4, 0.5) is 0 Å². The van der Waals surface area contributed by atoms with Gasteiger partial charge in [-0.2, -0.15) is 10.1 Å². The first-order chi connectivity index (χ1) is 13.5. The number of fused-ring (bicyclic) bond motifs is 1. The van der Waals surface area contributed by atoms with Gasteiger partial charge in [-0.15, -0.1) is 0 Å². The maximum atomic E-state index is 12.5. The predicted molar refractivity (Wildman–Crippen MR) is 104 cm³/mol. The fourth-order valence-electron chi connectivity index (χ4n) is 2.84. The minimum Gasteiger partial charge on any atom is -0.422 e. The van der Waals surface area contributed by atoms with Crippen molar-refractivity contribution in [2.24, 2.45) is 13.0 Å². The van der Waals surface area contributed by atoms with Gasteiger partial charge in [0.25, 0.3) is 5.56 Å². The number of aromatic nitrogens is 7. The van der Waals surface area contributed by atoms with Crippen LogP contribution >= 0.6 is 0 Å². The zero-order valence-electron chi connectivity index (χ0n) is 16.0. The highest BCUT2D eigenvalue weighted by Gasteiger charge is 2.14. The first-order valence-electron chi connectivity index (χ1n) is 9.07. The van der Waals surface area contributed by atoms with Crippen LogP contribution in [0.5, 0.6) is 11.8 Å². The zero-order valence-corrected chi connectivity index (χ0v) is 16.0. The fourth-order valence-corrected chi connectivity index (χ4v) is 2.84. The molecule has 0 aliphatic heterocycles. The topological polar surface area (TPSA) is 104 Å². The van der Waals surface area contributed by atoms with Gasteiger partial charge in [0, 0.05) is 26.0 Å². The number of aryl methyl sites for hydroxylation is 2. The van der Waals surface area contributed by atoms with E-state index in [2.05, 4.69) is 38.9 Å². The monoisotopic (exact) mass is 379 g/mol. The quantitative estimate of drug-likeness (QED) is 0.552. The molecular formula is C19H21N7O2.